The first-order valence-corrected chi connectivity index (χ1v) is 11.5. The van der Waals surface area contributed by atoms with Gasteiger partial charge in [-0.2, -0.15) is 5.10 Å². The van der Waals surface area contributed by atoms with Gasteiger partial charge in [-0.05, 0) is 44.4 Å². The van der Waals surface area contributed by atoms with Gasteiger partial charge in [-0.3, -0.25) is 9.69 Å². The summed E-state index contributed by atoms with van der Waals surface area (Å²) in [5, 5.41) is 9.81. The van der Waals surface area contributed by atoms with Crippen molar-refractivity contribution in [3.05, 3.63) is 76.3 Å². The van der Waals surface area contributed by atoms with Crippen molar-refractivity contribution >= 4 is 17.2 Å². The Morgan fingerprint density at radius 1 is 1.16 bits per heavy atom. The van der Waals surface area contributed by atoms with Crippen molar-refractivity contribution in [1.29, 1.82) is 0 Å². The molecular formula is C24H25N5O2S. The smallest absolute Gasteiger partial charge is 0.242 e. The second kappa shape index (κ2) is 8.37. The largest absolute Gasteiger partial charge is 0.440 e. The highest BCUT2D eigenvalue weighted by Crippen LogP contribution is 2.33. The Labute approximate surface area is 190 Å². The van der Waals surface area contributed by atoms with E-state index in [0.717, 1.165) is 45.5 Å². The zero-order valence-corrected chi connectivity index (χ0v) is 19.1. The lowest BCUT2D eigenvalue weighted by Gasteiger charge is -2.35. The molecule has 3 aromatic heterocycles. The quantitative estimate of drug-likeness (QED) is 0.497. The van der Waals surface area contributed by atoms with Gasteiger partial charge in [0.15, 0.2) is 0 Å². The number of hydrogen-bond acceptors (Lipinski definition) is 6. The molecule has 5 rings (SSSR count). The summed E-state index contributed by atoms with van der Waals surface area (Å²) in [5.41, 5.74) is 4.62. The van der Waals surface area contributed by atoms with Crippen LogP contribution < -0.4 is 5.32 Å². The van der Waals surface area contributed by atoms with Crippen LogP contribution in [0.4, 0.5) is 0 Å². The molecule has 1 atom stereocenters. The maximum absolute atomic E-state index is 13.1. The predicted molar refractivity (Wildman–Crippen MR) is 124 cm³/mol. The molecule has 0 aliphatic carbocycles. The number of rotatable bonds is 5. The molecule has 1 unspecified atom stereocenters. The van der Waals surface area contributed by atoms with Gasteiger partial charge in [0.1, 0.15) is 11.8 Å². The Morgan fingerprint density at radius 3 is 2.72 bits per heavy atom. The highest BCUT2D eigenvalue weighted by Gasteiger charge is 2.36. The highest BCUT2D eigenvalue weighted by molar-refractivity contribution is 7.13. The fraction of sp³-hybridized carbons (Fsp3) is 0.292. The minimum atomic E-state index is -0.428. The number of nitrogens with zero attached hydrogens (tertiary/aromatic N) is 4. The number of aryl methyl sites for hydroxylation is 2. The number of aromatic nitrogens is 3. The van der Waals surface area contributed by atoms with Gasteiger partial charge in [0.25, 0.3) is 0 Å². The van der Waals surface area contributed by atoms with E-state index in [0.29, 0.717) is 19.0 Å². The first-order chi connectivity index (χ1) is 15.5. The van der Waals surface area contributed by atoms with E-state index in [1.807, 2.05) is 73.3 Å². The third-order valence-corrected chi connectivity index (χ3v) is 6.77. The van der Waals surface area contributed by atoms with E-state index < -0.39 is 6.04 Å². The molecular weight excluding hydrogens is 422 g/mol. The molecule has 1 aliphatic heterocycles. The normalized spacial score (nSPS) is 17.0. The molecule has 0 saturated carbocycles. The maximum Gasteiger partial charge on any atom is 0.242 e. The van der Waals surface area contributed by atoms with E-state index in [2.05, 4.69) is 10.2 Å². The Balaban J connectivity index is 1.50. The minimum Gasteiger partial charge on any atom is -0.440 e. The van der Waals surface area contributed by atoms with Crippen LogP contribution >= 0.6 is 11.3 Å². The number of nitrogens with one attached hydrogen (secondary N) is 1. The first kappa shape index (κ1) is 20.7. The van der Waals surface area contributed by atoms with Gasteiger partial charge < -0.3 is 9.73 Å². The summed E-state index contributed by atoms with van der Waals surface area (Å²) < 4.78 is 7.85. The molecule has 1 aliphatic rings. The molecule has 1 aromatic carbocycles. The number of thiophene rings is 1. The monoisotopic (exact) mass is 447 g/mol. The Morgan fingerprint density at radius 2 is 1.97 bits per heavy atom. The van der Waals surface area contributed by atoms with Gasteiger partial charge in [0.05, 0.1) is 22.0 Å². The van der Waals surface area contributed by atoms with Crippen LogP contribution in [0.25, 0.3) is 16.5 Å². The third-order valence-electron chi connectivity index (χ3n) is 5.91. The molecule has 0 bridgehead atoms. The van der Waals surface area contributed by atoms with E-state index in [1.165, 1.54) is 0 Å². The van der Waals surface area contributed by atoms with E-state index in [1.54, 1.807) is 11.3 Å². The van der Waals surface area contributed by atoms with E-state index in [4.69, 9.17) is 14.5 Å². The van der Waals surface area contributed by atoms with Crippen LogP contribution in [0.1, 0.15) is 34.4 Å². The van der Waals surface area contributed by atoms with Gasteiger partial charge >= 0.3 is 0 Å². The number of benzene rings is 1. The van der Waals surface area contributed by atoms with Gasteiger partial charge in [0.2, 0.25) is 11.8 Å². The lowest BCUT2D eigenvalue weighted by Crippen LogP contribution is -2.49. The Kier molecular flexibility index (Phi) is 5.40. The fourth-order valence-electron chi connectivity index (χ4n) is 4.34. The molecule has 8 heteroatoms. The van der Waals surface area contributed by atoms with E-state index >= 15 is 0 Å². The third kappa shape index (κ3) is 3.65. The lowest BCUT2D eigenvalue weighted by molar-refractivity contribution is -0.129. The zero-order chi connectivity index (χ0) is 22.2. The van der Waals surface area contributed by atoms with Crippen molar-refractivity contribution in [2.75, 3.05) is 13.1 Å². The average Bonchev–Trinajstić information content (AvgIpc) is 3.51. The topological polar surface area (TPSA) is 76.2 Å². The SMILES string of the molecule is Cc1nn(-c2ccccc2)c(C)c1C1C(=O)NCCN1Cc1nc(-c2cccs2)oc1C. The van der Waals surface area contributed by atoms with Gasteiger partial charge in [0, 0.05) is 30.9 Å². The molecule has 1 N–H and O–H groups in total. The molecule has 1 amide bonds. The second-order valence-corrected chi connectivity index (χ2v) is 8.94. The lowest BCUT2D eigenvalue weighted by atomic mass is 10.00. The number of carbonyl (C=O) groups is 1. The number of para-hydroxylation sites is 1. The number of amides is 1. The standard InChI is InChI=1S/C24H25N5O2S/c1-15-21(16(2)29(27-15)18-8-5-4-6-9-18)22-23(30)25-11-12-28(22)14-19-17(3)31-24(26-19)20-10-7-13-32-20/h4-10,13,22H,11-12,14H2,1-3H3,(H,25,30). The highest BCUT2D eigenvalue weighted by atomic mass is 32.1. The minimum absolute atomic E-state index is 0.00492. The summed E-state index contributed by atoms with van der Waals surface area (Å²) in [5.74, 6) is 1.41. The summed E-state index contributed by atoms with van der Waals surface area (Å²) in [6.07, 6.45) is 0. The first-order valence-electron chi connectivity index (χ1n) is 10.7. The van der Waals surface area contributed by atoms with Crippen molar-refractivity contribution in [3.63, 3.8) is 0 Å². The van der Waals surface area contributed by atoms with Crippen molar-refractivity contribution in [3.8, 4) is 16.5 Å². The molecule has 32 heavy (non-hydrogen) atoms. The molecule has 0 radical (unpaired) electrons. The van der Waals surface area contributed by atoms with Crippen LogP contribution in [0.2, 0.25) is 0 Å². The van der Waals surface area contributed by atoms with Crippen molar-refractivity contribution in [2.45, 2.75) is 33.4 Å². The molecule has 164 valence electrons. The molecule has 1 fully saturated rings. The average molecular weight is 448 g/mol. The predicted octanol–water partition coefficient (Wildman–Crippen LogP) is 4.19. The van der Waals surface area contributed by atoms with Gasteiger partial charge in [-0.15, -0.1) is 11.3 Å². The molecule has 7 nitrogen and oxygen atoms in total. The van der Waals surface area contributed by atoms with Crippen molar-refractivity contribution < 1.29 is 9.21 Å². The van der Waals surface area contributed by atoms with Crippen LogP contribution in [0.15, 0.2) is 52.3 Å². The van der Waals surface area contributed by atoms with Crippen LogP contribution in [0.3, 0.4) is 0 Å². The number of piperazine rings is 1. The van der Waals surface area contributed by atoms with E-state index in [-0.39, 0.29) is 5.91 Å². The fourth-order valence-corrected chi connectivity index (χ4v) is 4.99. The second-order valence-electron chi connectivity index (χ2n) is 8.00. The van der Waals surface area contributed by atoms with E-state index in [9.17, 15) is 4.79 Å². The number of carbonyl (C=O) groups excluding carboxylic acids is 1. The van der Waals surface area contributed by atoms with Gasteiger partial charge in [-0.1, -0.05) is 24.3 Å². The zero-order valence-electron chi connectivity index (χ0n) is 18.3. The summed E-state index contributed by atoms with van der Waals surface area (Å²) >= 11 is 1.60. The summed E-state index contributed by atoms with van der Waals surface area (Å²) in [4.78, 5) is 21.0. The molecule has 0 spiro atoms. The van der Waals surface area contributed by atoms with Crippen LogP contribution in [-0.2, 0) is 11.3 Å². The maximum atomic E-state index is 13.1. The molecule has 4 heterocycles. The molecule has 4 aromatic rings. The number of hydrogen-bond donors (Lipinski definition) is 1. The van der Waals surface area contributed by atoms with Gasteiger partial charge in [-0.25, -0.2) is 9.67 Å². The Hall–Kier alpha value is -3.23. The van der Waals surface area contributed by atoms with Crippen LogP contribution in [-0.4, -0.2) is 38.7 Å². The van der Waals surface area contributed by atoms with Crippen LogP contribution in [0, 0.1) is 20.8 Å². The Bertz CT molecular complexity index is 1240. The summed E-state index contributed by atoms with van der Waals surface area (Å²) in [6.45, 7) is 7.80. The van der Waals surface area contributed by atoms with Crippen LogP contribution in [0.5, 0.6) is 0 Å². The molecule has 1 saturated heterocycles. The summed E-state index contributed by atoms with van der Waals surface area (Å²) in [6, 6.07) is 13.6. The van der Waals surface area contributed by atoms with Crippen molar-refractivity contribution in [2.24, 2.45) is 0 Å². The van der Waals surface area contributed by atoms with Crippen molar-refractivity contribution in [1.82, 2.24) is 25.0 Å². The summed E-state index contributed by atoms with van der Waals surface area (Å²) in [7, 11) is 0. The number of oxazole rings is 1.